The number of hydrogen-bond donors (Lipinski definition) is 0. The minimum Gasteiger partial charge on any atom is -0.157 e. The summed E-state index contributed by atoms with van der Waals surface area (Å²) in [5.41, 5.74) is 4.55. The fourth-order valence-electron chi connectivity index (χ4n) is 2.33. The highest BCUT2D eigenvalue weighted by Gasteiger charge is 2.05. The molecule has 0 saturated heterocycles. The normalized spacial score (nSPS) is 11.9. The molecule has 0 spiro atoms. The molecule has 0 bridgehead atoms. The lowest BCUT2D eigenvalue weighted by Gasteiger charge is -2.12. The second-order valence-electron chi connectivity index (χ2n) is 7.88. The Hall–Kier alpha value is 0.270. The van der Waals surface area contributed by atoms with Gasteiger partial charge in [0.05, 0.1) is 0 Å². The van der Waals surface area contributed by atoms with Gasteiger partial charge in [-0.1, -0.05) is 59.7 Å². The first-order valence-electron chi connectivity index (χ1n) is 9.21. The molecule has 138 valence electrons. The Morgan fingerprint density at radius 3 is 1.00 bits per heavy atom. The zero-order valence-electron chi connectivity index (χ0n) is 16.4. The minimum atomic E-state index is 0.779. The van der Waals surface area contributed by atoms with Gasteiger partial charge in [0.15, 0.2) is 0 Å². The molecule has 0 atom stereocenters. The molecule has 0 aliphatic rings. The summed E-state index contributed by atoms with van der Waals surface area (Å²) < 4.78 is 0. The van der Waals surface area contributed by atoms with E-state index >= 15 is 0 Å². The number of rotatable bonds is 12. The van der Waals surface area contributed by atoms with Crippen molar-refractivity contribution in [1.82, 2.24) is 0 Å². The van der Waals surface area contributed by atoms with Crippen molar-refractivity contribution in [2.75, 3.05) is 17.3 Å². The van der Waals surface area contributed by atoms with Crippen LogP contribution in [0.2, 0.25) is 0 Å². The third-order valence-corrected chi connectivity index (χ3v) is 7.59. The molecular formula is C21H36S3. The summed E-state index contributed by atoms with van der Waals surface area (Å²) in [4.78, 5) is 0. The number of benzene rings is 1. The third kappa shape index (κ3) is 11.0. The molecule has 0 heterocycles. The van der Waals surface area contributed by atoms with E-state index in [1.54, 1.807) is 0 Å². The number of hydrogen-bond acceptors (Lipinski definition) is 3. The predicted octanol–water partition coefficient (Wildman–Crippen LogP) is 7.35. The summed E-state index contributed by atoms with van der Waals surface area (Å²) in [5.74, 6) is 9.56. The first-order chi connectivity index (χ1) is 11.4. The molecule has 0 radical (unpaired) electrons. The highest BCUT2D eigenvalue weighted by Crippen LogP contribution is 2.24. The van der Waals surface area contributed by atoms with Gasteiger partial charge >= 0.3 is 0 Å². The fraction of sp³-hybridized carbons (Fsp3) is 0.714. The SMILES string of the molecule is CC(C)CSCc1cc(CSCC(C)C)cc(CSCC(C)C)c1. The highest BCUT2D eigenvalue weighted by molar-refractivity contribution is 7.99. The van der Waals surface area contributed by atoms with Crippen molar-refractivity contribution >= 4 is 35.3 Å². The third-order valence-electron chi connectivity index (χ3n) is 3.27. The van der Waals surface area contributed by atoms with Crippen LogP contribution in [0.25, 0.3) is 0 Å². The second kappa shape index (κ2) is 12.6. The van der Waals surface area contributed by atoms with Crippen LogP contribution in [0.5, 0.6) is 0 Å². The van der Waals surface area contributed by atoms with E-state index in [1.807, 2.05) is 0 Å². The molecular weight excluding hydrogens is 348 g/mol. The Bertz CT molecular complexity index is 373. The van der Waals surface area contributed by atoms with Crippen LogP contribution in [-0.2, 0) is 17.3 Å². The Balaban J connectivity index is 2.68. The first kappa shape index (κ1) is 22.3. The van der Waals surface area contributed by atoms with Crippen LogP contribution in [0.3, 0.4) is 0 Å². The average molecular weight is 385 g/mol. The van der Waals surface area contributed by atoms with E-state index in [0.717, 1.165) is 35.0 Å². The maximum absolute atomic E-state index is 2.44. The van der Waals surface area contributed by atoms with E-state index in [1.165, 1.54) is 33.9 Å². The van der Waals surface area contributed by atoms with Gasteiger partial charge in [0, 0.05) is 17.3 Å². The lowest BCUT2D eigenvalue weighted by atomic mass is 10.1. The summed E-state index contributed by atoms with van der Waals surface area (Å²) in [6, 6.07) is 7.33. The molecule has 0 aliphatic carbocycles. The maximum Gasteiger partial charge on any atom is 0.0184 e. The van der Waals surface area contributed by atoms with Crippen LogP contribution in [0.4, 0.5) is 0 Å². The van der Waals surface area contributed by atoms with Gasteiger partial charge in [-0.3, -0.25) is 0 Å². The lowest BCUT2D eigenvalue weighted by Crippen LogP contribution is -1.97. The predicted molar refractivity (Wildman–Crippen MR) is 119 cm³/mol. The average Bonchev–Trinajstić information content (AvgIpc) is 2.46. The number of thioether (sulfide) groups is 3. The van der Waals surface area contributed by atoms with Crippen molar-refractivity contribution in [2.24, 2.45) is 17.8 Å². The Kier molecular flexibility index (Phi) is 11.7. The van der Waals surface area contributed by atoms with Gasteiger partial charge in [0.25, 0.3) is 0 Å². The Morgan fingerprint density at radius 1 is 0.542 bits per heavy atom. The van der Waals surface area contributed by atoms with Crippen LogP contribution < -0.4 is 0 Å². The van der Waals surface area contributed by atoms with E-state index in [4.69, 9.17) is 0 Å². The topological polar surface area (TPSA) is 0 Å². The van der Waals surface area contributed by atoms with Crippen LogP contribution >= 0.6 is 35.3 Å². The molecule has 0 aromatic heterocycles. The largest absolute Gasteiger partial charge is 0.157 e. The molecule has 0 nitrogen and oxygen atoms in total. The van der Waals surface area contributed by atoms with Crippen molar-refractivity contribution in [3.63, 3.8) is 0 Å². The van der Waals surface area contributed by atoms with Crippen LogP contribution in [-0.4, -0.2) is 17.3 Å². The summed E-state index contributed by atoms with van der Waals surface area (Å²) in [5, 5.41) is 0. The smallest absolute Gasteiger partial charge is 0.0184 e. The molecule has 1 rings (SSSR count). The molecule has 0 fully saturated rings. The van der Waals surface area contributed by atoms with Crippen LogP contribution in [0.15, 0.2) is 18.2 Å². The monoisotopic (exact) mass is 384 g/mol. The van der Waals surface area contributed by atoms with E-state index < -0.39 is 0 Å². The molecule has 1 aromatic rings. The molecule has 0 aliphatic heterocycles. The van der Waals surface area contributed by atoms with Gasteiger partial charge < -0.3 is 0 Å². The van der Waals surface area contributed by atoms with E-state index in [0.29, 0.717) is 0 Å². The van der Waals surface area contributed by atoms with Crippen molar-refractivity contribution in [3.05, 3.63) is 34.9 Å². The van der Waals surface area contributed by atoms with Gasteiger partial charge in [-0.2, -0.15) is 35.3 Å². The van der Waals surface area contributed by atoms with Gasteiger partial charge in [0.2, 0.25) is 0 Å². The van der Waals surface area contributed by atoms with Gasteiger partial charge in [-0.05, 0) is 51.7 Å². The second-order valence-corrected chi connectivity index (χ2v) is 11.0. The zero-order valence-corrected chi connectivity index (χ0v) is 18.9. The molecule has 24 heavy (non-hydrogen) atoms. The summed E-state index contributed by atoms with van der Waals surface area (Å²) >= 11 is 6.23. The molecule has 0 N–H and O–H groups in total. The highest BCUT2D eigenvalue weighted by atomic mass is 32.2. The van der Waals surface area contributed by atoms with Crippen molar-refractivity contribution in [1.29, 1.82) is 0 Å². The molecule has 1 aromatic carbocycles. The summed E-state index contributed by atoms with van der Waals surface area (Å²) in [6.07, 6.45) is 0. The van der Waals surface area contributed by atoms with Gasteiger partial charge in [-0.25, -0.2) is 0 Å². The van der Waals surface area contributed by atoms with Gasteiger partial charge in [-0.15, -0.1) is 0 Å². The van der Waals surface area contributed by atoms with Crippen molar-refractivity contribution in [2.45, 2.75) is 58.8 Å². The lowest BCUT2D eigenvalue weighted by molar-refractivity contribution is 0.750. The summed E-state index contributed by atoms with van der Waals surface area (Å²) in [7, 11) is 0. The molecule has 3 heteroatoms. The van der Waals surface area contributed by atoms with Crippen LogP contribution in [0, 0.1) is 17.8 Å². The molecule has 0 saturated carbocycles. The van der Waals surface area contributed by atoms with Crippen molar-refractivity contribution in [3.8, 4) is 0 Å². The van der Waals surface area contributed by atoms with Crippen molar-refractivity contribution < 1.29 is 0 Å². The van der Waals surface area contributed by atoms with E-state index in [2.05, 4.69) is 95.0 Å². The Morgan fingerprint density at radius 2 is 0.792 bits per heavy atom. The van der Waals surface area contributed by atoms with Gasteiger partial charge in [0.1, 0.15) is 0 Å². The minimum absolute atomic E-state index is 0.779. The molecule has 0 amide bonds. The Labute approximate surface area is 163 Å². The summed E-state index contributed by atoms with van der Waals surface area (Å²) in [6.45, 7) is 13.8. The standard InChI is InChI=1S/C21H36S3/c1-16(2)10-22-13-19-7-20(14-23-11-17(3)4)9-21(8-19)15-24-12-18(5)6/h7-9,16-18H,10-15H2,1-6H3. The van der Waals surface area contributed by atoms with E-state index in [9.17, 15) is 0 Å². The first-order valence-corrected chi connectivity index (χ1v) is 12.7. The maximum atomic E-state index is 2.44. The fourth-order valence-corrected chi connectivity index (χ4v) is 5.30. The molecule has 0 unspecified atom stereocenters. The zero-order chi connectivity index (χ0) is 17.9. The van der Waals surface area contributed by atoms with E-state index in [-0.39, 0.29) is 0 Å². The van der Waals surface area contributed by atoms with Crippen LogP contribution in [0.1, 0.15) is 58.2 Å². The quantitative estimate of drug-likeness (QED) is 0.369.